The van der Waals surface area contributed by atoms with Crippen molar-refractivity contribution in [3.63, 3.8) is 0 Å². The number of cyclic esters (lactones) is 1. The molecule has 0 unspecified atom stereocenters. The topological polar surface area (TPSA) is 109 Å². The summed E-state index contributed by atoms with van der Waals surface area (Å²) in [6.07, 6.45) is 0.932. The van der Waals surface area contributed by atoms with Gasteiger partial charge in [0.1, 0.15) is 13.2 Å². The number of esters is 1. The second-order valence-corrected chi connectivity index (χ2v) is 9.90. The number of H-pyrrole nitrogens is 1. The van der Waals surface area contributed by atoms with Crippen LogP contribution in [-0.2, 0) is 33.9 Å². The lowest BCUT2D eigenvalue weighted by atomic mass is 10.0. The number of rotatable bonds is 6. The summed E-state index contributed by atoms with van der Waals surface area (Å²) < 4.78 is 5.18. The van der Waals surface area contributed by atoms with Gasteiger partial charge in [0.05, 0.1) is 24.2 Å². The molecule has 0 saturated carbocycles. The number of carbonyl (C=O) groups is 2. The van der Waals surface area contributed by atoms with E-state index in [0.29, 0.717) is 10.0 Å². The number of aromatic nitrogens is 2. The molecule has 0 spiro atoms. The van der Waals surface area contributed by atoms with E-state index in [9.17, 15) is 9.59 Å². The fourth-order valence-corrected chi connectivity index (χ4v) is 5.34. The van der Waals surface area contributed by atoms with Gasteiger partial charge in [-0.25, -0.2) is 4.98 Å². The van der Waals surface area contributed by atoms with E-state index in [0.717, 1.165) is 46.7 Å². The Bertz CT molecular complexity index is 1190. The third-order valence-electron chi connectivity index (χ3n) is 5.83. The third-order valence-corrected chi connectivity index (χ3v) is 7.15. The predicted octanol–water partition coefficient (Wildman–Crippen LogP) is 2.40. The highest BCUT2D eigenvalue weighted by Gasteiger charge is 2.33. The number of thiazole rings is 1. The summed E-state index contributed by atoms with van der Waals surface area (Å²) in [6, 6.07) is 6.71. The van der Waals surface area contributed by atoms with Gasteiger partial charge in [0.15, 0.2) is 5.01 Å². The maximum Gasteiger partial charge on any atom is 0.307 e. The summed E-state index contributed by atoms with van der Waals surface area (Å²) in [7, 11) is 2.06. The van der Waals surface area contributed by atoms with Gasteiger partial charge in [-0.3, -0.25) is 14.4 Å². The lowest BCUT2D eigenvalue weighted by Crippen LogP contribution is -2.56. The molecule has 0 radical (unpaired) electrons. The van der Waals surface area contributed by atoms with Gasteiger partial charge in [-0.2, -0.15) is 5.48 Å². The smallest absolute Gasteiger partial charge is 0.307 e. The van der Waals surface area contributed by atoms with Gasteiger partial charge in [0, 0.05) is 46.0 Å². The third kappa shape index (κ3) is 5.04. The molecular formula is C22H24ClN5O4S. The Kier molecular flexibility index (Phi) is 6.35. The number of nitrogens with zero attached hydrogens (tertiary/aromatic N) is 2. The SMILES string of the molecule is CN1CCc2nc(C(=O)N[C@@H]3COC(=O)C[C@H]3NOCc3cc4cc(Cl)ccc4[nH]3)sc2C1. The largest absolute Gasteiger partial charge is 0.463 e. The number of halogens is 1. The first-order valence-corrected chi connectivity index (χ1v) is 11.9. The zero-order valence-electron chi connectivity index (χ0n) is 18.0. The number of amides is 1. The molecular weight excluding hydrogens is 466 g/mol. The highest BCUT2D eigenvalue weighted by atomic mass is 35.5. The van der Waals surface area contributed by atoms with Crippen LogP contribution < -0.4 is 10.8 Å². The minimum atomic E-state index is -0.430. The minimum absolute atomic E-state index is 0.0737. The van der Waals surface area contributed by atoms with Gasteiger partial charge in [-0.15, -0.1) is 11.3 Å². The van der Waals surface area contributed by atoms with E-state index in [4.69, 9.17) is 21.2 Å². The molecule has 2 aliphatic heterocycles. The first-order chi connectivity index (χ1) is 15.9. The Morgan fingerprint density at radius 3 is 3.15 bits per heavy atom. The maximum absolute atomic E-state index is 12.9. The number of carbonyl (C=O) groups excluding carboxylic acids is 2. The van der Waals surface area contributed by atoms with Crippen LogP contribution >= 0.6 is 22.9 Å². The molecule has 4 heterocycles. The van der Waals surface area contributed by atoms with Crippen molar-refractivity contribution in [2.75, 3.05) is 20.2 Å². The number of benzene rings is 1. The highest BCUT2D eigenvalue weighted by Crippen LogP contribution is 2.25. The first-order valence-electron chi connectivity index (χ1n) is 10.7. The summed E-state index contributed by atoms with van der Waals surface area (Å²) in [4.78, 5) is 41.5. The monoisotopic (exact) mass is 489 g/mol. The average Bonchev–Trinajstić information content (AvgIpc) is 3.38. The van der Waals surface area contributed by atoms with Gasteiger partial charge in [-0.05, 0) is 31.3 Å². The van der Waals surface area contributed by atoms with Crippen molar-refractivity contribution >= 4 is 45.7 Å². The van der Waals surface area contributed by atoms with E-state index >= 15 is 0 Å². The second-order valence-electron chi connectivity index (χ2n) is 8.38. The summed E-state index contributed by atoms with van der Waals surface area (Å²) in [5, 5.41) is 5.05. The number of hydrogen-bond donors (Lipinski definition) is 3. The number of hydroxylamine groups is 1. The van der Waals surface area contributed by atoms with Crippen LogP contribution in [0, 0.1) is 0 Å². The van der Waals surface area contributed by atoms with Gasteiger partial charge in [0.2, 0.25) is 0 Å². The summed E-state index contributed by atoms with van der Waals surface area (Å²) in [6.45, 7) is 2.07. The van der Waals surface area contributed by atoms with Crippen LogP contribution in [0.3, 0.4) is 0 Å². The van der Waals surface area contributed by atoms with Crippen LogP contribution in [0.15, 0.2) is 24.3 Å². The molecule has 1 amide bonds. The van der Waals surface area contributed by atoms with E-state index < -0.39 is 12.1 Å². The standard InChI is InChI=1S/C22H24ClN5O4S/c1-28-5-4-16-19(9-28)33-22(26-16)21(30)25-18-11-31-20(29)8-17(18)27-32-10-14-7-12-6-13(23)2-3-15(12)24-14/h2-3,6-7,17-18,24,27H,4-5,8-11H2,1H3,(H,25,30)/t17-,18-/m1/s1. The van der Waals surface area contributed by atoms with E-state index in [1.807, 2.05) is 24.3 Å². The van der Waals surface area contributed by atoms with E-state index in [-0.39, 0.29) is 31.5 Å². The number of fused-ring (bicyclic) bond motifs is 2. The van der Waals surface area contributed by atoms with E-state index in [2.05, 4.69) is 32.7 Å². The lowest BCUT2D eigenvalue weighted by Gasteiger charge is -2.31. The molecule has 174 valence electrons. The van der Waals surface area contributed by atoms with Gasteiger partial charge < -0.3 is 19.9 Å². The quantitative estimate of drug-likeness (QED) is 0.360. The fraction of sp³-hybridized carbons (Fsp3) is 0.409. The number of aromatic amines is 1. The minimum Gasteiger partial charge on any atom is -0.463 e. The van der Waals surface area contributed by atoms with Gasteiger partial charge in [0.25, 0.3) is 5.91 Å². The van der Waals surface area contributed by atoms with Crippen molar-refractivity contribution in [1.82, 2.24) is 25.7 Å². The number of hydrogen-bond acceptors (Lipinski definition) is 8. The van der Waals surface area contributed by atoms with Crippen molar-refractivity contribution < 1.29 is 19.2 Å². The molecule has 11 heteroatoms. The molecule has 0 bridgehead atoms. The van der Waals surface area contributed by atoms with Crippen LogP contribution in [0.2, 0.25) is 5.02 Å². The Balaban J connectivity index is 1.20. The van der Waals surface area contributed by atoms with Crippen LogP contribution in [0.1, 0.15) is 32.5 Å². The number of likely N-dealkylation sites (N-methyl/N-ethyl adjacent to an activating group) is 1. The van der Waals surface area contributed by atoms with E-state index in [1.54, 1.807) is 0 Å². The molecule has 33 heavy (non-hydrogen) atoms. The average molecular weight is 490 g/mol. The molecule has 0 aliphatic carbocycles. The van der Waals surface area contributed by atoms with Gasteiger partial charge >= 0.3 is 5.97 Å². The van der Waals surface area contributed by atoms with Crippen LogP contribution in [0.5, 0.6) is 0 Å². The normalized spacial score (nSPS) is 21.1. The van der Waals surface area contributed by atoms with Crippen LogP contribution in [-0.4, -0.2) is 59.0 Å². The highest BCUT2D eigenvalue weighted by molar-refractivity contribution is 7.13. The summed E-state index contributed by atoms with van der Waals surface area (Å²) in [5.74, 6) is -0.603. The molecule has 1 aromatic carbocycles. The molecule has 3 aromatic rings. The molecule has 2 aromatic heterocycles. The molecule has 2 atom stereocenters. The fourth-order valence-electron chi connectivity index (χ4n) is 4.06. The Morgan fingerprint density at radius 2 is 2.27 bits per heavy atom. The number of nitrogens with one attached hydrogen (secondary N) is 3. The molecule has 2 aliphatic rings. The van der Waals surface area contributed by atoms with Gasteiger partial charge in [-0.1, -0.05) is 11.6 Å². The lowest BCUT2D eigenvalue weighted by molar-refractivity contribution is -0.152. The summed E-state index contributed by atoms with van der Waals surface area (Å²) in [5.41, 5.74) is 5.75. The number of ether oxygens (including phenoxy) is 1. The predicted molar refractivity (Wildman–Crippen MR) is 124 cm³/mol. The Morgan fingerprint density at radius 1 is 1.39 bits per heavy atom. The van der Waals surface area contributed by atoms with E-state index in [1.165, 1.54) is 11.3 Å². The molecule has 3 N–H and O–H groups in total. The summed E-state index contributed by atoms with van der Waals surface area (Å²) >= 11 is 7.46. The van der Waals surface area contributed by atoms with Crippen LogP contribution in [0.25, 0.3) is 10.9 Å². The molecule has 1 saturated heterocycles. The van der Waals surface area contributed by atoms with Crippen molar-refractivity contribution in [3.05, 3.63) is 50.6 Å². The zero-order valence-corrected chi connectivity index (χ0v) is 19.6. The Labute approximate surface area is 199 Å². The van der Waals surface area contributed by atoms with Crippen molar-refractivity contribution in [2.24, 2.45) is 0 Å². The second kappa shape index (κ2) is 9.40. The van der Waals surface area contributed by atoms with Crippen molar-refractivity contribution in [1.29, 1.82) is 0 Å². The van der Waals surface area contributed by atoms with Crippen LogP contribution in [0.4, 0.5) is 0 Å². The Hall–Kier alpha value is -2.50. The zero-order chi connectivity index (χ0) is 22.9. The molecule has 9 nitrogen and oxygen atoms in total. The molecule has 1 fully saturated rings. The maximum atomic E-state index is 12.9. The first kappa shape index (κ1) is 22.3. The van der Waals surface area contributed by atoms with Crippen molar-refractivity contribution in [2.45, 2.75) is 38.1 Å². The van der Waals surface area contributed by atoms with Crippen molar-refractivity contribution in [3.8, 4) is 0 Å². The molecule has 5 rings (SSSR count).